The van der Waals surface area contributed by atoms with E-state index in [1.807, 2.05) is 51.2 Å². The van der Waals surface area contributed by atoms with Crippen molar-refractivity contribution in [1.82, 2.24) is 15.0 Å². The van der Waals surface area contributed by atoms with E-state index in [4.69, 9.17) is 0 Å². The summed E-state index contributed by atoms with van der Waals surface area (Å²) in [5.41, 5.74) is 6.16. The van der Waals surface area contributed by atoms with Crippen molar-refractivity contribution in [1.29, 1.82) is 5.26 Å². The zero-order valence-electron chi connectivity index (χ0n) is 19.4. The third kappa shape index (κ3) is 4.66. The fraction of sp³-hybridized carbons (Fsp3) is 0.185. The number of hydrogen-bond acceptors (Lipinski definition) is 5. The molecule has 0 unspecified atom stereocenters. The molecule has 4 rings (SSSR count). The Bertz CT molecular complexity index is 1430. The largest absolute Gasteiger partial charge is 0.373 e. The van der Waals surface area contributed by atoms with Crippen molar-refractivity contribution in [2.24, 2.45) is 5.92 Å². The molecule has 0 bridgehead atoms. The summed E-state index contributed by atoms with van der Waals surface area (Å²) in [6, 6.07) is 13.6. The summed E-state index contributed by atoms with van der Waals surface area (Å²) in [4.78, 5) is 24.4. The number of carbonyl (C=O) groups is 1. The average Bonchev–Trinajstić information content (AvgIpc) is 3.27. The molecule has 0 spiro atoms. The minimum Gasteiger partial charge on any atom is -0.373 e. The van der Waals surface area contributed by atoms with Crippen LogP contribution >= 0.6 is 0 Å². The maximum atomic E-state index is 12.2. The first-order valence-corrected chi connectivity index (χ1v) is 11.0. The lowest BCUT2D eigenvalue weighted by atomic mass is 10.0. The Morgan fingerprint density at radius 1 is 1.18 bits per heavy atom. The molecule has 3 N–H and O–H groups in total. The van der Waals surface area contributed by atoms with Crippen LogP contribution in [0.25, 0.3) is 27.6 Å². The standard InChI is InChI=1S/C27H26N6O/c1-16(2)8-26(34)32-21-9-19(13-30-15-21)20-10-22(27(29-4)31-14-20)17(3)25-11-23-18(12-28)6-5-7-24(23)33-25/h5-7,9-11,13-16,33H,3,8H2,1-2,4H3,(H,29,31)(H,32,34). The number of pyridine rings is 2. The van der Waals surface area contributed by atoms with Gasteiger partial charge in [-0.05, 0) is 36.2 Å². The minimum atomic E-state index is -0.0396. The number of carbonyl (C=O) groups excluding carboxylic acids is 1. The van der Waals surface area contributed by atoms with Gasteiger partial charge in [-0.2, -0.15) is 5.26 Å². The third-order valence-electron chi connectivity index (χ3n) is 5.51. The summed E-state index contributed by atoms with van der Waals surface area (Å²) >= 11 is 0. The van der Waals surface area contributed by atoms with E-state index in [-0.39, 0.29) is 11.8 Å². The maximum Gasteiger partial charge on any atom is 0.224 e. The lowest BCUT2D eigenvalue weighted by molar-refractivity contribution is -0.116. The molecule has 4 aromatic rings. The van der Waals surface area contributed by atoms with Crippen molar-refractivity contribution in [3.05, 3.63) is 78.4 Å². The summed E-state index contributed by atoms with van der Waals surface area (Å²) in [5.74, 6) is 0.918. The first-order chi connectivity index (χ1) is 16.4. The molecule has 0 atom stereocenters. The highest BCUT2D eigenvalue weighted by atomic mass is 16.1. The summed E-state index contributed by atoms with van der Waals surface area (Å²) in [5, 5.41) is 16.3. The molecule has 0 aliphatic rings. The molecule has 34 heavy (non-hydrogen) atoms. The summed E-state index contributed by atoms with van der Waals surface area (Å²) in [6.07, 6.45) is 5.58. The Kier molecular flexibility index (Phi) is 6.42. The van der Waals surface area contributed by atoms with Crippen molar-refractivity contribution in [2.75, 3.05) is 17.7 Å². The van der Waals surface area contributed by atoms with Crippen LogP contribution < -0.4 is 10.6 Å². The van der Waals surface area contributed by atoms with Gasteiger partial charge in [-0.15, -0.1) is 0 Å². The van der Waals surface area contributed by atoms with Crippen molar-refractivity contribution in [3.8, 4) is 17.2 Å². The van der Waals surface area contributed by atoms with Crippen molar-refractivity contribution in [2.45, 2.75) is 20.3 Å². The SMILES string of the molecule is C=C(c1cc2c(C#N)cccc2[nH]1)c1cc(-c2cncc(NC(=O)CC(C)C)c2)cnc1NC. The number of aromatic nitrogens is 3. The highest BCUT2D eigenvalue weighted by Gasteiger charge is 2.15. The molecule has 3 heterocycles. The fourth-order valence-electron chi connectivity index (χ4n) is 3.86. The second kappa shape index (κ2) is 9.59. The fourth-order valence-corrected chi connectivity index (χ4v) is 3.86. The van der Waals surface area contributed by atoms with Gasteiger partial charge in [0.05, 0.1) is 23.5 Å². The number of fused-ring (bicyclic) bond motifs is 1. The van der Waals surface area contributed by atoms with Gasteiger partial charge in [0.2, 0.25) is 5.91 Å². The molecule has 7 nitrogen and oxygen atoms in total. The number of amides is 1. The maximum absolute atomic E-state index is 12.2. The number of benzene rings is 1. The molecule has 0 saturated carbocycles. The third-order valence-corrected chi connectivity index (χ3v) is 5.51. The summed E-state index contributed by atoms with van der Waals surface area (Å²) in [7, 11) is 1.81. The average molecular weight is 451 g/mol. The van der Waals surface area contributed by atoms with E-state index in [2.05, 4.69) is 38.2 Å². The summed E-state index contributed by atoms with van der Waals surface area (Å²) < 4.78 is 0. The van der Waals surface area contributed by atoms with Crippen molar-refractivity contribution >= 4 is 33.9 Å². The number of H-pyrrole nitrogens is 1. The molecule has 0 aliphatic heterocycles. The molecule has 0 aliphatic carbocycles. The highest BCUT2D eigenvalue weighted by molar-refractivity contribution is 5.94. The van der Waals surface area contributed by atoms with Crippen LogP contribution in [-0.4, -0.2) is 27.9 Å². The monoisotopic (exact) mass is 450 g/mol. The molecular formula is C27H26N6O. The zero-order valence-corrected chi connectivity index (χ0v) is 19.4. The van der Waals surface area contributed by atoms with Gasteiger partial charge in [-0.3, -0.25) is 9.78 Å². The lowest BCUT2D eigenvalue weighted by Gasteiger charge is -2.13. The molecule has 0 saturated heterocycles. The van der Waals surface area contributed by atoms with Crippen LogP contribution in [0.2, 0.25) is 0 Å². The van der Waals surface area contributed by atoms with Crippen LogP contribution in [0, 0.1) is 17.2 Å². The summed E-state index contributed by atoms with van der Waals surface area (Å²) in [6.45, 7) is 8.32. The van der Waals surface area contributed by atoms with Crippen LogP contribution in [0.5, 0.6) is 0 Å². The number of rotatable bonds is 7. The zero-order chi connectivity index (χ0) is 24.2. The van der Waals surface area contributed by atoms with Gasteiger partial charge in [0.1, 0.15) is 5.82 Å². The second-order valence-electron chi connectivity index (χ2n) is 8.52. The van der Waals surface area contributed by atoms with Crippen molar-refractivity contribution < 1.29 is 4.79 Å². The van der Waals surface area contributed by atoms with Gasteiger partial charge in [-0.25, -0.2) is 4.98 Å². The number of aromatic amines is 1. The van der Waals surface area contributed by atoms with Crippen LogP contribution in [0.3, 0.4) is 0 Å². The number of hydrogen-bond donors (Lipinski definition) is 3. The Morgan fingerprint density at radius 2 is 1.97 bits per heavy atom. The Balaban J connectivity index is 1.69. The second-order valence-corrected chi connectivity index (χ2v) is 8.52. The quantitative estimate of drug-likeness (QED) is 0.341. The Labute approximate surface area is 198 Å². The Hall–Kier alpha value is -4.44. The van der Waals surface area contributed by atoms with E-state index in [0.717, 1.165) is 38.9 Å². The van der Waals surface area contributed by atoms with E-state index in [9.17, 15) is 10.1 Å². The molecule has 3 aromatic heterocycles. The van der Waals surface area contributed by atoms with E-state index >= 15 is 0 Å². The topological polar surface area (TPSA) is 106 Å². The molecule has 0 fully saturated rings. The highest BCUT2D eigenvalue weighted by Crippen LogP contribution is 2.33. The van der Waals surface area contributed by atoms with Crippen molar-refractivity contribution in [3.63, 3.8) is 0 Å². The molecule has 1 aromatic carbocycles. The van der Waals surface area contributed by atoms with Gasteiger partial charge in [-0.1, -0.05) is 26.5 Å². The smallest absolute Gasteiger partial charge is 0.224 e. The molecule has 7 heteroatoms. The van der Waals surface area contributed by atoms with E-state index < -0.39 is 0 Å². The number of nitrogens with one attached hydrogen (secondary N) is 3. The first kappa shape index (κ1) is 22.7. The van der Waals surface area contributed by atoms with E-state index in [1.165, 1.54) is 0 Å². The van der Waals surface area contributed by atoms with Gasteiger partial charge in [0.25, 0.3) is 0 Å². The lowest BCUT2D eigenvalue weighted by Crippen LogP contribution is -2.13. The van der Waals surface area contributed by atoms with E-state index in [1.54, 1.807) is 24.7 Å². The van der Waals surface area contributed by atoms with Gasteiger partial charge in [0.15, 0.2) is 0 Å². The number of anilines is 2. The minimum absolute atomic E-state index is 0.0396. The Morgan fingerprint density at radius 3 is 2.71 bits per heavy atom. The molecule has 170 valence electrons. The normalized spacial score (nSPS) is 10.8. The first-order valence-electron chi connectivity index (χ1n) is 11.0. The molecule has 0 radical (unpaired) electrons. The van der Waals surface area contributed by atoms with Gasteiger partial charge in [0, 0.05) is 64.7 Å². The van der Waals surface area contributed by atoms with Gasteiger partial charge < -0.3 is 15.6 Å². The number of nitrogens with zero attached hydrogens (tertiary/aromatic N) is 3. The predicted molar refractivity (Wildman–Crippen MR) is 136 cm³/mol. The van der Waals surface area contributed by atoms with Gasteiger partial charge >= 0.3 is 0 Å². The van der Waals surface area contributed by atoms with Crippen LogP contribution in [0.1, 0.15) is 37.1 Å². The van der Waals surface area contributed by atoms with Crippen LogP contribution in [0.15, 0.2) is 61.6 Å². The van der Waals surface area contributed by atoms with E-state index in [0.29, 0.717) is 23.5 Å². The van der Waals surface area contributed by atoms with Crippen LogP contribution in [-0.2, 0) is 4.79 Å². The molecule has 1 amide bonds. The van der Waals surface area contributed by atoms with Crippen LogP contribution in [0.4, 0.5) is 11.5 Å². The number of nitriles is 1. The predicted octanol–water partition coefficient (Wildman–Crippen LogP) is 5.58. The molecular weight excluding hydrogens is 424 g/mol.